The molecule has 0 atom stereocenters. The highest BCUT2D eigenvalue weighted by atomic mass is 19.1. The van der Waals surface area contributed by atoms with Gasteiger partial charge in [-0.3, -0.25) is 15.1 Å². The van der Waals surface area contributed by atoms with E-state index in [-0.39, 0.29) is 23.7 Å². The predicted octanol–water partition coefficient (Wildman–Crippen LogP) is 4.20. The minimum absolute atomic E-state index is 0.150. The van der Waals surface area contributed by atoms with Gasteiger partial charge in [-0.05, 0) is 48.9 Å². The van der Waals surface area contributed by atoms with Crippen LogP contribution in [0, 0.1) is 5.92 Å². The number of halogens is 1. The van der Waals surface area contributed by atoms with Gasteiger partial charge in [0.25, 0.3) is 0 Å². The van der Waals surface area contributed by atoms with Gasteiger partial charge in [0, 0.05) is 41.8 Å². The minimum Gasteiger partial charge on any atom is -0.450 e. The lowest BCUT2D eigenvalue weighted by Gasteiger charge is -2.35. The molecule has 0 bridgehead atoms. The summed E-state index contributed by atoms with van der Waals surface area (Å²) in [5.74, 6) is -0.467. The summed E-state index contributed by atoms with van der Waals surface area (Å²) in [7, 11) is 0. The molecule has 3 heterocycles. The van der Waals surface area contributed by atoms with E-state index in [9.17, 15) is 14.0 Å². The van der Waals surface area contributed by atoms with Crippen molar-refractivity contribution in [2.45, 2.75) is 38.0 Å². The van der Waals surface area contributed by atoms with Crippen molar-refractivity contribution in [2.24, 2.45) is 5.92 Å². The van der Waals surface area contributed by atoms with Crippen LogP contribution in [0.25, 0.3) is 11.1 Å². The quantitative estimate of drug-likeness (QED) is 0.621. The van der Waals surface area contributed by atoms with E-state index in [1.54, 1.807) is 49.1 Å². The Labute approximate surface area is 184 Å². The van der Waals surface area contributed by atoms with Crippen molar-refractivity contribution >= 4 is 17.8 Å². The normalized spacial score (nSPS) is 21.8. The zero-order chi connectivity index (χ0) is 22.1. The highest BCUT2D eigenvalue weighted by molar-refractivity contribution is 5.95. The number of pyridine rings is 1. The number of nitrogens with zero attached hydrogens (tertiary/aromatic N) is 3. The van der Waals surface area contributed by atoms with Crippen LogP contribution in [0.3, 0.4) is 0 Å². The Kier molecular flexibility index (Phi) is 5.13. The number of alkyl halides is 1. The second-order valence-corrected chi connectivity index (χ2v) is 8.20. The fourth-order valence-corrected chi connectivity index (χ4v) is 4.53. The van der Waals surface area contributed by atoms with Gasteiger partial charge < -0.3 is 4.74 Å². The van der Waals surface area contributed by atoms with E-state index in [4.69, 9.17) is 4.74 Å². The Morgan fingerprint density at radius 1 is 1.12 bits per heavy atom. The molecular weight excluding hydrogens is 411 g/mol. The first kappa shape index (κ1) is 20.2. The van der Waals surface area contributed by atoms with Gasteiger partial charge in [-0.2, -0.15) is 0 Å². The van der Waals surface area contributed by atoms with E-state index in [0.29, 0.717) is 36.8 Å². The number of carbonyl (C=O) groups excluding carboxylic acids is 2. The van der Waals surface area contributed by atoms with Crippen molar-refractivity contribution < 1.29 is 18.7 Å². The van der Waals surface area contributed by atoms with Gasteiger partial charge in [-0.15, -0.1) is 0 Å². The maximum absolute atomic E-state index is 12.9. The SMILES string of the molecule is O=C1O[C@]2(CC[C@@H](C(=O)Nc3ncc(-c4cccc(CF)c4)cn3)CC2)c2cnccc21. The first-order chi connectivity index (χ1) is 15.6. The summed E-state index contributed by atoms with van der Waals surface area (Å²) in [6.07, 6.45) is 8.81. The second kappa shape index (κ2) is 8.11. The van der Waals surface area contributed by atoms with Crippen molar-refractivity contribution in [3.05, 3.63) is 71.8 Å². The lowest BCUT2D eigenvalue weighted by atomic mass is 9.75. The molecule has 1 amide bonds. The highest BCUT2D eigenvalue weighted by Crippen LogP contribution is 2.47. The van der Waals surface area contributed by atoms with Crippen molar-refractivity contribution in [1.29, 1.82) is 0 Å². The molecule has 1 spiro atoms. The first-order valence-electron chi connectivity index (χ1n) is 10.5. The molecule has 2 aromatic heterocycles. The van der Waals surface area contributed by atoms with E-state index in [1.165, 1.54) is 0 Å². The predicted molar refractivity (Wildman–Crippen MR) is 114 cm³/mol. The molecule has 1 fully saturated rings. The van der Waals surface area contributed by atoms with Gasteiger partial charge in [-0.25, -0.2) is 19.2 Å². The maximum Gasteiger partial charge on any atom is 0.339 e. The molecule has 162 valence electrons. The summed E-state index contributed by atoms with van der Waals surface area (Å²) in [6, 6.07) is 8.79. The van der Waals surface area contributed by atoms with Gasteiger partial charge in [0.15, 0.2) is 0 Å². The van der Waals surface area contributed by atoms with Gasteiger partial charge in [0.1, 0.15) is 12.3 Å². The molecule has 1 aliphatic heterocycles. The molecular formula is C24H21FN4O3. The average Bonchev–Trinajstić information content (AvgIpc) is 3.11. The number of anilines is 1. The third-order valence-electron chi connectivity index (χ3n) is 6.29. The molecule has 8 heteroatoms. The number of rotatable bonds is 4. The zero-order valence-corrected chi connectivity index (χ0v) is 17.3. The molecule has 1 aromatic carbocycles. The Morgan fingerprint density at radius 2 is 1.91 bits per heavy atom. The molecule has 1 N–H and O–H groups in total. The van der Waals surface area contributed by atoms with E-state index in [0.717, 1.165) is 16.7 Å². The van der Waals surface area contributed by atoms with Crippen LogP contribution in [0.1, 0.15) is 47.2 Å². The average molecular weight is 432 g/mol. The van der Waals surface area contributed by atoms with Crippen LogP contribution in [0.4, 0.5) is 10.3 Å². The van der Waals surface area contributed by atoms with E-state index in [2.05, 4.69) is 20.3 Å². The number of carbonyl (C=O) groups is 2. The number of hydrogen-bond acceptors (Lipinski definition) is 6. The van der Waals surface area contributed by atoms with Gasteiger partial charge >= 0.3 is 5.97 Å². The molecule has 32 heavy (non-hydrogen) atoms. The van der Waals surface area contributed by atoms with Gasteiger partial charge in [-0.1, -0.05) is 18.2 Å². The van der Waals surface area contributed by atoms with Crippen LogP contribution in [-0.4, -0.2) is 26.8 Å². The van der Waals surface area contributed by atoms with Crippen molar-refractivity contribution in [1.82, 2.24) is 15.0 Å². The largest absolute Gasteiger partial charge is 0.450 e. The molecule has 3 aromatic rings. The smallest absolute Gasteiger partial charge is 0.339 e. The number of benzene rings is 1. The summed E-state index contributed by atoms with van der Waals surface area (Å²) in [6.45, 7) is -0.535. The third kappa shape index (κ3) is 3.62. The number of hydrogen-bond donors (Lipinski definition) is 1. The van der Waals surface area contributed by atoms with Gasteiger partial charge in [0.2, 0.25) is 11.9 Å². The summed E-state index contributed by atoms with van der Waals surface area (Å²) >= 11 is 0. The number of fused-ring (bicyclic) bond motifs is 2. The van der Waals surface area contributed by atoms with Crippen LogP contribution in [-0.2, 0) is 21.8 Å². The van der Waals surface area contributed by atoms with Crippen molar-refractivity contribution in [2.75, 3.05) is 5.32 Å². The lowest BCUT2D eigenvalue weighted by Crippen LogP contribution is -2.36. The van der Waals surface area contributed by atoms with Gasteiger partial charge in [0.05, 0.1) is 5.56 Å². The van der Waals surface area contributed by atoms with Crippen LogP contribution in [0.15, 0.2) is 55.1 Å². The number of amides is 1. The molecule has 0 unspecified atom stereocenters. The van der Waals surface area contributed by atoms with E-state index < -0.39 is 12.3 Å². The highest BCUT2D eigenvalue weighted by Gasteiger charge is 2.48. The Bertz CT molecular complexity index is 1170. The van der Waals surface area contributed by atoms with Crippen LogP contribution in [0.5, 0.6) is 0 Å². The number of ether oxygens (including phenoxy) is 1. The Morgan fingerprint density at radius 3 is 2.66 bits per heavy atom. The Balaban J connectivity index is 1.23. The molecule has 7 nitrogen and oxygen atoms in total. The topological polar surface area (TPSA) is 94.1 Å². The summed E-state index contributed by atoms with van der Waals surface area (Å²) in [4.78, 5) is 37.6. The Hall–Kier alpha value is -3.68. The van der Waals surface area contributed by atoms with E-state index >= 15 is 0 Å². The number of esters is 1. The lowest BCUT2D eigenvalue weighted by molar-refractivity contribution is -0.122. The fraction of sp³-hybridized carbons (Fsp3) is 0.292. The summed E-state index contributed by atoms with van der Waals surface area (Å²) in [5, 5.41) is 2.78. The molecule has 1 saturated carbocycles. The molecule has 2 aliphatic rings. The summed E-state index contributed by atoms with van der Waals surface area (Å²) < 4.78 is 18.6. The standard InChI is InChI=1S/C24H21FN4O3/c25-11-15-2-1-3-17(10-15)18-12-27-23(28-13-18)29-21(30)16-4-7-24(8-5-16)20-14-26-9-6-19(20)22(31)32-24/h1-3,6,9-10,12-14,16H,4-5,7-8,11H2,(H,27,28,29,30)/t16-,24+. The second-order valence-electron chi connectivity index (χ2n) is 8.20. The van der Waals surface area contributed by atoms with Crippen molar-refractivity contribution in [3.8, 4) is 11.1 Å². The fourth-order valence-electron chi connectivity index (χ4n) is 4.53. The molecule has 1 aliphatic carbocycles. The van der Waals surface area contributed by atoms with Crippen LogP contribution >= 0.6 is 0 Å². The van der Waals surface area contributed by atoms with E-state index in [1.807, 2.05) is 6.07 Å². The molecule has 0 saturated heterocycles. The maximum atomic E-state index is 12.9. The molecule has 5 rings (SSSR count). The molecule has 0 radical (unpaired) electrons. The minimum atomic E-state index is -0.677. The number of nitrogens with one attached hydrogen (secondary N) is 1. The number of aromatic nitrogens is 3. The third-order valence-corrected chi connectivity index (χ3v) is 6.29. The van der Waals surface area contributed by atoms with Crippen LogP contribution in [0.2, 0.25) is 0 Å². The first-order valence-corrected chi connectivity index (χ1v) is 10.5. The van der Waals surface area contributed by atoms with Crippen molar-refractivity contribution in [3.63, 3.8) is 0 Å². The summed E-state index contributed by atoms with van der Waals surface area (Å²) in [5.41, 5.74) is 2.85. The monoisotopic (exact) mass is 432 g/mol. The van der Waals surface area contributed by atoms with Crippen LogP contribution < -0.4 is 5.32 Å². The zero-order valence-electron chi connectivity index (χ0n) is 17.3.